The molecule has 0 radical (unpaired) electrons. The maximum Gasteiger partial charge on any atom is 0.332 e. The molecule has 2 unspecified atom stereocenters. The minimum Gasteiger partial charge on any atom is -0.479 e. The van der Waals surface area contributed by atoms with Crippen LogP contribution in [0.3, 0.4) is 0 Å². The molecule has 0 spiro atoms. The lowest BCUT2D eigenvalue weighted by molar-refractivity contribution is -0.149. The van der Waals surface area contributed by atoms with Gasteiger partial charge in [0.2, 0.25) is 0 Å². The molecule has 2 N–H and O–H groups in total. The molecule has 0 aliphatic carbocycles. The quantitative estimate of drug-likeness (QED) is 0.875. The first-order chi connectivity index (χ1) is 8.97. The van der Waals surface area contributed by atoms with Crippen molar-refractivity contribution in [2.24, 2.45) is 0 Å². The average Bonchev–Trinajstić information content (AvgIpc) is 2.81. The van der Waals surface area contributed by atoms with Crippen molar-refractivity contribution in [3.05, 3.63) is 27.2 Å². The van der Waals surface area contributed by atoms with Gasteiger partial charge in [0.25, 0.3) is 0 Å². The number of aryl methyl sites for hydroxylation is 1. The van der Waals surface area contributed by atoms with Gasteiger partial charge in [-0.25, -0.2) is 4.79 Å². The highest BCUT2D eigenvalue weighted by molar-refractivity contribution is 9.10. The molecule has 1 saturated heterocycles. The molecule has 0 aromatic heterocycles. The Hall–Kier alpha value is -0.780. The second-order valence-corrected chi connectivity index (χ2v) is 5.89. The van der Waals surface area contributed by atoms with Gasteiger partial charge >= 0.3 is 5.97 Å². The molecular weight excluding hydrogens is 334 g/mol. The minimum atomic E-state index is -0.887. The molecule has 1 aromatic rings. The van der Waals surface area contributed by atoms with Crippen molar-refractivity contribution in [3.63, 3.8) is 0 Å². The summed E-state index contributed by atoms with van der Waals surface area (Å²) < 4.78 is 6.36. The van der Waals surface area contributed by atoms with E-state index in [0.29, 0.717) is 18.0 Å². The lowest BCUT2D eigenvalue weighted by Crippen LogP contribution is -2.24. The van der Waals surface area contributed by atoms with Gasteiger partial charge in [0.15, 0.2) is 6.10 Å². The van der Waals surface area contributed by atoms with Crippen LogP contribution in [-0.2, 0) is 9.53 Å². The highest BCUT2D eigenvalue weighted by atomic mass is 79.9. The number of aliphatic carboxylic acids is 1. The Labute approximate surface area is 125 Å². The first-order valence-electron chi connectivity index (χ1n) is 6.05. The number of carboxylic acids is 1. The molecule has 0 amide bonds. The van der Waals surface area contributed by atoms with E-state index in [2.05, 4.69) is 21.2 Å². The zero-order valence-corrected chi connectivity index (χ0v) is 12.8. The zero-order chi connectivity index (χ0) is 14.0. The van der Waals surface area contributed by atoms with E-state index in [1.54, 1.807) is 0 Å². The normalized spacial score (nSPS) is 22.5. The zero-order valence-electron chi connectivity index (χ0n) is 10.5. The first kappa shape index (κ1) is 14.6. The topological polar surface area (TPSA) is 58.6 Å². The molecule has 0 saturated carbocycles. The molecule has 1 aliphatic heterocycles. The molecule has 1 heterocycles. The van der Waals surface area contributed by atoms with E-state index in [-0.39, 0.29) is 6.10 Å². The molecule has 104 valence electrons. The summed E-state index contributed by atoms with van der Waals surface area (Å²) in [6.07, 6.45) is 0.573. The molecular formula is C13H15BrClNO3. The predicted molar refractivity (Wildman–Crippen MR) is 77.9 cm³/mol. The smallest absolute Gasteiger partial charge is 0.332 e. The number of carbonyl (C=O) groups is 1. The van der Waals surface area contributed by atoms with E-state index < -0.39 is 12.1 Å². The van der Waals surface area contributed by atoms with Crippen LogP contribution in [0.5, 0.6) is 0 Å². The highest BCUT2D eigenvalue weighted by Crippen LogP contribution is 2.29. The van der Waals surface area contributed by atoms with Crippen molar-refractivity contribution in [1.82, 2.24) is 0 Å². The molecule has 0 bridgehead atoms. The SMILES string of the molecule is Cc1cc(Br)c(NCC2CCC(C(=O)O)O2)cc1Cl. The van der Waals surface area contributed by atoms with Gasteiger partial charge < -0.3 is 15.2 Å². The van der Waals surface area contributed by atoms with Gasteiger partial charge in [-0.3, -0.25) is 0 Å². The average molecular weight is 349 g/mol. The van der Waals surface area contributed by atoms with Crippen molar-refractivity contribution < 1.29 is 14.6 Å². The summed E-state index contributed by atoms with van der Waals surface area (Å²) in [7, 11) is 0. The van der Waals surface area contributed by atoms with Gasteiger partial charge in [0, 0.05) is 16.0 Å². The minimum absolute atomic E-state index is 0.0759. The van der Waals surface area contributed by atoms with Crippen molar-refractivity contribution in [2.45, 2.75) is 32.0 Å². The van der Waals surface area contributed by atoms with Gasteiger partial charge in [-0.15, -0.1) is 0 Å². The van der Waals surface area contributed by atoms with E-state index >= 15 is 0 Å². The fraction of sp³-hybridized carbons (Fsp3) is 0.462. The second kappa shape index (κ2) is 6.11. The number of nitrogens with one attached hydrogen (secondary N) is 1. The Kier molecular flexibility index (Phi) is 4.71. The highest BCUT2D eigenvalue weighted by Gasteiger charge is 2.30. The van der Waals surface area contributed by atoms with E-state index in [4.69, 9.17) is 21.4 Å². The lowest BCUT2D eigenvalue weighted by atomic mass is 10.2. The molecule has 19 heavy (non-hydrogen) atoms. The molecule has 2 atom stereocenters. The summed E-state index contributed by atoms with van der Waals surface area (Å²) in [6, 6.07) is 3.80. The van der Waals surface area contributed by atoms with E-state index in [1.807, 2.05) is 19.1 Å². The summed E-state index contributed by atoms with van der Waals surface area (Å²) in [5.74, 6) is -0.887. The van der Waals surface area contributed by atoms with Crippen LogP contribution in [-0.4, -0.2) is 29.8 Å². The fourth-order valence-corrected chi connectivity index (χ4v) is 2.80. The Morgan fingerprint density at radius 3 is 2.95 bits per heavy atom. The Morgan fingerprint density at radius 1 is 1.58 bits per heavy atom. The largest absolute Gasteiger partial charge is 0.479 e. The lowest BCUT2D eigenvalue weighted by Gasteiger charge is -2.15. The third kappa shape index (κ3) is 3.61. The summed E-state index contributed by atoms with van der Waals surface area (Å²) in [4.78, 5) is 10.8. The summed E-state index contributed by atoms with van der Waals surface area (Å²) in [6.45, 7) is 2.51. The number of benzene rings is 1. The fourth-order valence-electron chi connectivity index (χ4n) is 2.04. The van der Waals surface area contributed by atoms with Crippen LogP contribution < -0.4 is 5.32 Å². The van der Waals surface area contributed by atoms with Crippen molar-refractivity contribution in [3.8, 4) is 0 Å². The molecule has 1 aromatic carbocycles. The Morgan fingerprint density at radius 2 is 2.32 bits per heavy atom. The Balaban J connectivity index is 1.93. The third-order valence-corrected chi connectivity index (χ3v) is 4.21. The van der Waals surface area contributed by atoms with Crippen LogP contribution in [0, 0.1) is 6.92 Å². The molecule has 1 aliphatic rings. The monoisotopic (exact) mass is 347 g/mol. The summed E-state index contributed by atoms with van der Waals surface area (Å²) in [5, 5.41) is 12.8. The molecule has 4 nitrogen and oxygen atoms in total. The van der Waals surface area contributed by atoms with Gasteiger partial charge in [-0.05, 0) is 53.4 Å². The number of hydrogen-bond acceptors (Lipinski definition) is 3. The second-order valence-electron chi connectivity index (χ2n) is 4.62. The van der Waals surface area contributed by atoms with Crippen LogP contribution in [0.25, 0.3) is 0 Å². The molecule has 6 heteroatoms. The van der Waals surface area contributed by atoms with Crippen molar-refractivity contribution in [2.75, 3.05) is 11.9 Å². The maximum absolute atomic E-state index is 10.8. The van der Waals surface area contributed by atoms with Gasteiger partial charge in [0.05, 0.1) is 11.8 Å². The van der Waals surface area contributed by atoms with E-state index in [1.165, 1.54) is 0 Å². The number of hydrogen-bond donors (Lipinski definition) is 2. The van der Waals surface area contributed by atoms with Crippen LogP contribution in [0.15, 0.2) is 16.6 Å². The number of ether oxygens (including phenoxy) is 1. The van der Waals surface area contributed by atoms with Gasteiger partial charge in [0.1, 0.15) is 0 Å². The summed E-state index contributed by atoms with van der Waals surface area (Å²) >= 11 is 9.55. The number of carboxylic acid groups (broad SMARTS) is 1. The third-order valence-electron chi connectivity index (χ3n) is 3.15. The molecule has 1 fully saturated rings. The van der Waals surface area contributed by atoms with Crippen LogP contribution in [0.1, 0.15) is 18.4 Å². The van der Waals surface area contributed by atoms with Crippen molar-refractivity contribution >= 4 is 39.2 Å². The van der Waals surface area contributed by atoms with Crippen LogP contribution in [0.2, 0.25) is 5.02 Å². The van der Waals surface area contributed by atoms with Gasteiger partial charge in [-0.2, -0.15) is 0 Å². The van der Waals surface area contributed by atoms with Crippen molar-refractivity contribution in [1.29, 1.82) is 0 Å². The first-order valence-corrected chi connectivity index (χ1v) is 7.22. The van der Waals surface area contributed by atoms with Crippen LogP contribution in [0.4, 0.5) is 5.69 Å². The summed E-state index contributed by atoms with van der Waals surface area (Å²) in [5.41, 5.74) is 1.89. The Bertz CT molecular complexity index is 495. The number of halogens is 2. The number of rotatable bonds is 4. The molecule has 2 rings (SSSR count). The van der Waals surface area contributed by atoms with Gasteiger partial charge in [-0.1, -0.05) is 11.6 Å². The standard InChI is InChI=1S/C13H15BrClNO3/c1-7-4-9(14)11(5-10(7)15)16-6-8-2-3-12(19-8)13(17)18/h4-5,8,12,16H,2-3,6H2,1H3,(H,17,18). The van der Waals surface area contributed by atoms with E-state index in [9.17, 15) is 4.79 Å². The van der Waals surface area contributed by atoms with Crippen LogP contribution >= 0.6 is 27.5 Å². The maximum atomic E-state index is 10.8. The van der Waals surface area contributed by atoms with E-state index in [0.717, 1.165) is 22.1 Å². The predicted octanol–water partition coefficient (Wildman–Crippen LogP) is 3.46. The number of anilines is 1.